The number of nitrogens with one attached hydrogen (secondary N) is 1. The quantitative estimate of drug-likeness (QED) is 0.794. The number of likely N-dealkylation sites (tertiary alicyclic amines) is 1. The molecule has 0 radical (unpaired) electrons. The lowest BCUT2D eigenvalue weighted by molar-refractivity contribution is -0.133. The first-order chi connectivity index (χ1) is 12.1. The second kappa shape index (κ2) is 8.47. The third-order valence-corrected chi connectivity index (χ3v) is 6.51. The molecular weight excluding hydrogens is 332 g/mol. The molecule has 1 saturated heterocycles. The van der Waals surface area contributed by atoms with Crippen molar-refractivity contribution in [1.29, 1.82) is 0 Å². The summed E-state index contributed by atoms with van der Waals surface area (Å²) in [5.74, 6) is 2.91. The highest BCUT2D eigenvalue weighted by Crippen LogP contribution is 2.33. The van der Waals surface area contributed by atoms with Crippen molar-refractivity contribution in [3.63, 3.8) is 0 Å². The van der Waals surface area contributed by atoms with E-state index in [-0.39, 0.29) is 0 Å². The van der Waals surface area contributed by atoms with E-state index < -0.39 is 0 Å². The van der Waals surface area contributed by atoms with Crippen LogP contribution in [0.5, 0.6) is 0 Å². The molecule has 2 fully saturated rings. The number of H-pyrrole nitrogens is 1. The van der Waals surface area contributed by atoms with Crippen molar-refractivity contribution >= 4 is 18.1 Å². The Morgan fingerprint density at radius 3 is 2.76 bits per heavy atom. The summed E-state index contributed by atoms with van der Waals surface area (Å²) in [6, 6.07) is 0. The summed E-state index contributed by atoms with van der Waals surface area (Å²) in [5, 5.41) is 7.36. The van der Waals surface area contributed by atoms with Gasteiger partial charge < -0.3 is 9.47 Å². The van der Waals surface area contributed by atoms with Gasteiger partial charge in [-0.15, -0.1) is 0 Å². The minimum absolute atomic E-state index is 0.301. The van der Waals surface area contributed by atoms with E-state index in [4.69, 9.17) is 12.2 Å². The van der Waals surface area contributed by atoms with E-state index >= 15 is 0 Å². The molecule has 1 aliphatic heterocycles. The Morgan fingerprint density at radius 1 is 1.28 bits per heavy atom. The highest BCUT2D eigenvalue weighted by atomic mass is 32.1. The van der Waals surface area contributed by atoms with Gasteiger partial charge in [0.15, 0.2) is 4.77 Å². The summed E-state index contributed by atoms with van der Waals surface area (Å²) < 4.78 is 2.76. The van der Waals surface area contributed by atoms with Gasteiger partial charge in [0.25, 0.3) is 0 Å². The Morgan fingerprint density at radius 2 is 2.04 bits per heavy atom. The van der Waals surface area contributed by atoms with Crippen molar-refractivity contribution in [2.75, 3.05) is 13.1 Å². The molecule has 1 aromatic rings. The summed E-state index contributed by atoms with van der Waals surface area (Å²) in [6.45, 7) is 6.87. The minimum atomic E-state index is 0.301. The second-order valence-electron chi connectivity index (χ2n) is 7.89. The summed E-state index contributed by atoms with van der Waals surface area (Å²) >= 11 is 5.32. The normalized spacial score (nSPS) is 23.6. The van der Waals surface area contributed by atoms with Crippen molar-refractivity contribution in [3.05, 3.63) is 10.6 Å². The summed E-state index contributed by atoms with van der Waals surface area (Å²) in [4.78, 5) is 14.9. The Balaban J connectivity index is 1.60. The summed E-state index contributed by atoms with van der Waals surface area (Å²) in [6.07, 6.45) is 9.52. The van der Waals surface area contributed by atoms with Crippen LogP contribution < -0.4 is 0 Å². The third-order valence-electron chi connectivity index (χ3n) is 6.19. The fourth-order valence-electron chi connectivity index (χ4n) is 4.64. The maximum Gasteiger partial charge on any atom is 0.222 e. The molecule has 2 atom stereocenters. The van der Waals surface area contributed by atoms with Gasteiger partial charge in [0.1, 0.15) is 5.82 Å². The largest absolute Gasteiger partial charge is 0.342 e. The highest BCUT2D eigenvalue weighted by Gasteiger charge is 2.30. The summed E-state index contributed by atoms with van der Waals surface area (Å²) in [7, 11) is 0. The van der Waals surface area contributed by atoms with Gasteiger partial charge in [0.05, 0.1) is 0 Å². The van der Waals surface area contributed by atoms with Gasteiger partial charge >= 0.3 is 0 Å². The van der Waals surface area contributed by atoms with E-state index in [1.165, 1.54) is 32.1 Å². The van der Waals surface area contributed by atoms with E-state index in [1.54, 1.807) is 0 Å². The molecule has 6 heteroatoms. The molecule has 1 N–H and O–H groups in total. The Labute approximate surface area is 156 Å². The monoisotopic (exact) mass is 364 g/mol. The molecular formula is C19H32N4OS. The SMILES string of the molecule is CCn1c(C2CCCN(C(=O)CC(C)C3CCCCC3)C2)n[nH]c1=S. The van der Waals surface area contributed by atoms with Gasteiger partial charge in [-0.05, 0) is 43.8 Å². The van der Waals surface area contributed by atoms with E-state index in [0.717, 1.165) is 44.2 Å². The Kier molecular flexibility index (Phi) is 6.31. The zero-order valence-electron chi connectivity index (χ0n) is 15.7. The molecule has 1 aromatic heterocycles. The topological polar surface area (TPSA) is 53.9 Å². The van der Waals surface area contributed by atoms with Crippen LogP contribution in [0.3, 0.4) is 0 Å². The first kappa shape index (κ1) is 18.6. The van der Waals surface area contributed by atoms with Crippen molar-refractivity contribution in [1.82, 2.24) is 19.7 Å². The highest BCUT2D eigenvalue weighted by molar-refractivity contribution is 7.71. The van der Waals surface area contributed by atoms with Crippen molar-refractivity contribution in [2.24, 2.45) is 11.8 Å². The van der Waals surface area contributed by atoms with Crippen LogP contribution in [0.1, 0.15) is 77.0 Å². The number of carbonyl (C=O) groups is 1. The van der Waals surface area contributed by atoms with Crippen LogP contribution in [0, 0.1) is 16.6 Å². The molecule has 2 aliphatic rings. The lowest BCUT2D eigenvalue weighted by Crippen LogP contribution is -2.40. The number of nitrogens with zero attached hydrogens (tertiary/aromatic N) is 3. The van der Waals surface area contributed by atoms with Gasteiger partial charge in [-0.3, -0.25) is 9.89 Å². The maximum atomic E-state index is 12.9. The predicted molar refractivity (Wildman–Crippen MR) is 102 cm³/mol. The van der Waals surface area contributed by atoms with Crippen LogP contribution in [-0.2, 0) is 11.3 Å². The van der Waals surface area contributed by atoms with Gasteiger partial charge in [-0.2, -0.15) is 5.10 Å². The molecule has 25 heavy (non-hydrogen) atoms. The smallest absolute Gasteiger partial charge is 0.222 e. The molecule has 1 amide bonds. The fraction of sp³-hybridized carbons (Fsp3) is 0.842. The number of aromatic amines is 1. The minimum Gasteiger partial charge on any atom is -0.342 e. The van der Waals surface area contributed by atoms with Crippen molar-refractivity contribution in [3.8, 4) is 0 Å². The van der Waals surface area contributed by atoms with Crippen LogP contribution in [0.2, 0.25) is 0 Å². The van der Waals surface area contributed by atoms with E-state index in [1.807, 2.05) is 0 Å². The van der Waals surface area contributed by atoms with Gasteiger partial charge in [-0.25, -0.2) is 0 Å². The first-order valence-electron chi connectivity index (χ1n) is 10.0. The van der Waals surface area contributed by atoms with E-state index in [0.29, 0.717) is 28.9 Å². The van der Waals surface area contributed by atoms with E-state index in [9.17, 15) is 4.79 Å². The van der Waals surface area contributed by atoms with Crippen LogP contribution in [0.15, 0.2) is 0 Å². The molecule has 0 aromatic carbocycles. The number of hydrogen-bond donors (Lipinski definition) is 1. The van der Waals surface area contributed by atoms with E-state index in [2.05, 4.69) is 33.5 Å². The van der Waals surface area contributed by atoms with Crippen molar-refractivity contribution in [2.45, 2.75) is 77.7 Å². The lowest BCUT2D eigenvalue weighted by Gasteiger charge is -2.34. The summed E-state index contributed by atoms with van der Waals surface area (Å²) in [5.41, 5.74) is 0. The van der Waals surface area contributed by atoms with Crippen LogP contribution in [0.25, 0.3) is 0 Å². The zero-order chi connectivity index (χ0) is 17.8. The number of hydrogen-bond acceptors (Lipinski definition) is 3. The lowest BCUT2D eigenvalue weighted by atomic mass is 9.79. The van der Waals surface area contributed by atoms with Gasteiger partial charge in [-0.1, -0.05) is 39.0 Å². The van der Waals surface area contributed by atoms with Gasteiger partial charge in [0, 0.05) is 32.0 Å². The van der Waals surface area contributed by atoms with Crippen LogP contribution >= 0.6 is 12.2 Å². The number of carbonyl (C=O) groups excluding carboxylic acids is 1. The molecule has 3 rings (SSSR count). The molecule has 2 unspecified atom stereocenters. The number of rotatable bonds is 5. The van der Waals surface area contributed by atoms with Crippen LogP contribution in [-0.4, -0.2) is 38.7 Å². The number of piperidine rings is 1. The standard InChI is InChI=1S/C19H32N4OS/c1-3-23-18(20-21-19(23)25)16-10-7-11-22(13-16)17(24)12-14(2)15-8-5-4-6-9-15/h14-16H,3-13H2,1-2H3,(H,21,25). The van der Waals surface area contributed by atoms with Crippen molar-refractivity contribution < 1.29 is 4.79 Å². The number of aromatic nitrogens is 3. The Bertz CT molecular complexity index is 632. The molecule has 140 valence electrons. The third kappa shape index (κ3) is 4.33. The van der Waals surface area contributed by atoms with Crippen LogP contribution in [0.4, 0.5) is 0 Å². The average Bonchev–Trinajstić information content (AvgIpc) is 3.03. The molecule has 1 aliphatic carbocycles. The molecule has 1 saturated carbocycles. The average molecular weight is 365 g/mol. The van der Waals surface area contributed by atoms with Gasteiger partial charge in [0.2, 0.25) is 5.91 Å². The molecule has 5 nitrogen and oxygen atoms in total. The molecule has 0 spiro atoms. The first-order valence-corrected chi connectivity index (χ1v) is 10.4. The maximum absolute atomic E-state index is 12.9. The number of amides is 1. The Hall–Kier alpha value is -1.17. The zero-order valence-corrected chi connectivity index (χ0v) is 16.5. The molecule has 0 bridgehead atoms. The fourth-order valence-corrected chi connectivity index (χ4v) is 4.90. The molecule has 2 heterocycles. The predicted octanol–water partition coefficient (Wildman–Crippen LogP) is 4.27. The second-order valence-corrected chi connectivity index (χ2v) is 8.28.